The summed E-state index contributed by atoms with van der Waals surface area (Å²) in [7, 11) is 0. The molecule has 0 heterocycles. The van der Waals surface area contributed by atoms with E-state index in [0.717, 1.165) is 31.4 Å². The number of carbonyl (C=O) groups excluding carboxylic acids is 1. The summed E-state index contributed by atoms with van der Waals surface area (Å²) in [5.41, 5.74) is -1.07. The predicted octanol–water partition coefficient (Wildman–Crippen LogP) is 2.46. The largest absolute Gasteiger partial charge is 0.480 e. The molecule has 0 atom stereocenters. The lowest BCUT2D eigenvalue weighted by Gasteiger charge is -2.36. The van der Waals surface area contributed by atoms with Gasteiger partial charge in [0, 0.05) is 6.54 Å². The maximum absolute atomic E-state index is 11.8. The van der Waals surface area contributed by atoms with E-state index in [1.807, 2.05) is 0 Å². The number of aliphatic carboxylic acids is 1. The van der Waals surface area contributed by atoms with Crippen LogP contribution in [-0.2, 0) is 4.79 Å². The molecule has 0 aromatic carbocycles. The molecule has 6 heteroatoms. The van der Waals surface area contributed by atoms with Crippen molar-refractivity contribution in [1.29, 1.82) is 0 Å². The molecule has 0 unspecified atom stereocenters. The second-order valence-corrected chi connectivity index (χ2v) is 6.64. The zero-order valence-corrected chi connectivity index (χ0v) is 13.2. The fourth-order valence-corrected chi connectivity index (χ4v) is 2.97. The molecule has 1 fully saturated rings. The number of carboxylic acid groups (broad SMARTS) is 1. The van der Waals surface area contributed by atoms with Crippen LogP contribution in [0.25, 0.3) is 0 Å². The van der Waals surface area contributed by atoms with Gasteiger partial charge in [-0.25, -0.2) is 9.59 Å². The van der Waals surface area contributed by atoms with Crippen molar-refractivity contribution in [3.63, 3.8) is 0 Å². The lowest BCUT2D eigenvalue weighted by atomic mass is 9.77. The van der Waals surface area contributed by atoms with E-state index in [9.17, 15) is 14.7 Å². The van der Waals surface area contributed by atoms with Gasteiger partial charge in [0.2, 0.25) is 0 Å². The highest BCUT2D eigenvalue weighted by Gasteiger charge is 2.42. The fraction of sp³-hybridized carbons (Fsp3) is 0.857. The van der Waals surface area contributed by atoms with Crippen LogP contribution in [0.3, 0.4) is 0 Å². The maximum atomic E-state index is 11.8. The first-order valence-electron chi connectivity index (χ1n) is 7.28. The predicted molar refractivity (Wildman–Crippen MR) is 82.1 cm³/mol. The molecule has 116 valence electrons. The quantitative estimate of drug-likeness (QED) is 0.631. The van der Waals surface area contributed by atoms with Gasteiger partial charge < -0.3 is 15.7 Å². The average molecular weight is 302 g/mol. The van der Waals surface area contributed by atoms with Gasteiger partial charge in [-0.1, -0.05) is 6.92 Å². The summed E-state index contributed by atoms with van der Waals surface area (Å²) in [5, 5.41) is 14.9. The standard InChI is InChI=1S/C14H26N2O3S/c1-11-5-7-14(8-6-11,12(17)18)16-13(19)15-9-3-4-10-20-2/h11H,3-10H2,1-2H3,(H,17,18)(H2,15,16,19). The van der Waals surface area contributed by atoms with Crippen molar-refractivity contribution < 1.29 is 14.7 Å². The van der Waals surface area contributed by atoms with Crippen LogP contribution >= 0.6 is 11.8 Å². The molecule has 0 aromatic heterocycles. The van der Waals surface area contributed by atoms with Gasteiger partial charge in [0.05, 0.1) is 0 Å². The Labute approximate surface area is 125 Å². The first-order valence-corrected chi connectivity index (χ1v) is 8.68. The number of hydrogen-bond acceptors (Lipinski definition) is 3. The molecule has 0 bridgehead atoms. The minimum Gasteiger partial charge on any atom is -0.480 e. The molecule has 0 aliphatic heterocycles. The van der Waals surface area contributed by atoms with Crippen LogP contribution in [0, 0.1) is 5.92 Å². The van der Waals surface area contributed by atoms with Crippen molar-refractivity contribution in [1.82, 2.24) is 10.6 Å². The zero-order chi connectivity index (χ0) is 15.0. The van der Waals surface area contributed by atoms with Gasteiger partial charge in [0.15, 0.2) is 0 Å². The van der Waals surface area contributed by atoms with E-state index < -0.39 is 11.5 Å². The Kier molecular flexibility index (Phi) is 7.19. The number of carbonyl (C=O) groups is 2. The molecule has 1 rings (SSSR count). The number of hydrogen-bond donors (Lipinski definition) is 3. The molecule has 0 spiro atoms. The number of carboxylic acids is 1. The van der Waals surface area contributed by atoms with E-state index in [0.29, 0.717) is 25.3 Å². The van der Waals surface area contributed by atoms with Gasteiger partial charge in [0.1, 0.15) is 5.54 Å². The van der Waals surface area contributed by atoms with Gasteiger partial charge in [-0.15, -0.1) is 0 Å². The molecular formula is C14H26N2O3S. The Morgan fingerprint density at radius 3 is 2.50 bits per heavy atom. The van der Waals surface area contributed by atoms with Gasteiger partial charge in [0.25, 0.3) is 0 Å². The van der Waals surface area contributed by atoms with E-state index in [4.69, 9.17) is 0 Å². The van der Waals surface area contributed by atoms with E-state index in [2.05, 4.69) is 23.8 Å². The Hall–Kier alpha value is -0.910. The second kappa shape index (κ2) is 8.39. The Bertz CT molecular complexity index is 328. The number of nitrogens with one attached hydrogen (secondary N) is 2. The summed E-state index contributed by atoms with van der Waals surface area (Å²) in [6.07, 6.45) is 6.77. The van der Waals surface area contributed by atoms with Crippen LogP contribution in [0.2, 0.25) is 0 Å². The Balaban J connectivity index is 2.38. The van der Waals surface area contributed by atoms with Gasteiger partial charge >= 0.3 is 12.0 Å². The van der Waals surface area contributed by atoms with Crippen molar-refractivity contribution in [2.45, 2.75) is 51.0 Å². The molecule has 1 aliphatic carbocycles. The smallest absolute Gasteiger partial charge is 0.329 e. The highest BCUT2D eigenvalue weighted by Crippen LogP contribution is 2.32. The summed E-state index contributed by atoms with van der Waals surface area (Å²) in [4.78, 5) is 23.3. The molecule has 0 radical (unpaired) electrons. The lowest BCUT2D eigenvalue weighted by molar-refractivity contribution is -0.146. The van der Waals surface area contributed by atoms with Crippen molar-refractivity contribution in [3.05, 3.63) is 0 Å². The molecule has 0 aromatic rings. The van der Waals surface area contributed by atoms with Crippen LogP contribution in [-0.4, -0.2) is 41.2 Å². The van der Waals surface area contributed by atoms with E-state index >= 15 is 0 Å². The van der Waals surface area contributed by atoms with Crippen LogP contribution in [0.1, 0.15) is 45.4 Å². The first-order chi connectivity index (χ1) is 9.50. The second-order valence-electron chi connectivity index (χ2n) is 5.65. The summed E-state index contributed by atoms with van der Waals surface area (Å²) in [6, 6.07) is -0.355. The molecular weight excluding hydrogens is 276 g/mol. The highest BCUT2D eigenvalue weighted by atomic mass is 32.2. The maximum Gasteiger partial charge on any atom is 0.329 e. The minimum absolute atomic E-state index is 0.355. The molecule has 1 saturated carbocycles. The number of thioether (sulfide) groups is 1. The molecule has 0 saturated heterocycles. The van der Waals surface area contributed by atoms with Gasteiger partial charge in [-0.3, -0.25) is 0 Å². The fourth-order valence-electron chi connectivity index (χ4n) is 2.48. The van der Waals surface area contributed by atoms with Crippen molar-refractivity contribution in [3.8, 4) is 0 Å². The van der Waals surface area contributed by atoms with E-state index in [-0.39, 0.29) is 6.03 Å². The summed E-state index contributed by atoms with van der Waals surface area (Å²) >= 11 is 1.79. The summed E-state index contributed by atoms with van der Waals surface area (Å²) < 4.78 is 0. The topological polar surface area (TPSA) is 78.4 Å². The normalized spacial score (nSPS) is 26.0. The third-order valence-corrected chi connectivity index (χ3v) is 4.65. The molecule has 3 N–H and O–H groups in total. The van der Waals surface area contributed by atoms with Crippen LogP contribution in [0.4, 0.5) is 4.79 Å². The van der Waals surface area contributed by atoms with Crippen LogP contribution in [0.5, 0.6) is 0 Å². The Morgan fingerprint density at radius 2 is 1.95 bits per heavy atom. The van der Waals surface area contributed by atoms with E-state index in [1.54, 1.807) is 11.8 Å². The van der Waals surface area contributed by atoms with Gasteiger partial charge in [-0.05, 0) is 56.5 Å². The SMILES string of the molecule is CSCCCCNC(=O)NC1(C(=O)O)CCC(C)CC1. The number of rotatable bonds is 7. The lowest BCUT2D eigenvalue weighted by Crippen LogP contribution is -2.58. The molecule has 20 heavy (non-hydrogen) atoms. The van der Waals surface area contributed by atoms with Crippen molar-refractivity contribution in [2.75, 3.05) is 18.6 Å². The summed E-state index contributed by atoms with van der Waals surface area (Å²) in [5.74, 6) is 0.709. The number of amides is 2. The minimum atomic E-state index is -1.07. The molecule has 2 amide bonds. The highest BCUT2D eigenvalue weighted by molar-refractivity contribution is 7.98. The monoisotopic (exact) mass is 302 g/mol. The third-order valence-electron chi connectivity index (χ3n) is 3.95. The van der Waals surface area contributed by atoms with Crippen LogP contribution in [0.15, 0.2) is 0 Å². The zero-order valence-electron chi connectivity index (χ0n) is 12.4. The first kappa shape index (κ1) is 17.1. The van der Waals surface area contributed by atoms with Gasteiger partial charge in [-0.2, -0.15) is 11.8 Å². The third kappa shape index (κ3) is 5.23. The molecule has 5 nitrogen and oxygen atoms in total. The van der Waals surface area contributed by atoms with Crippen molar-refractivity contribution >= 4 is 23.8 Å². The Morgan fingerprint density at radius 1 is 1.30 bits per heavy atom. The van der Waals surface area contributed by atoms with Crippen LogP contribution < -0.4 is 10.6 Å². The number of unbranched alkanes of at least 4 members (excludes halogenated alkanes) is 1. The average Bonchev–Trinajstić information content (AvgIpc) is 2.41. The van der Waals surface area contributed by atoms with E-state index in [1.165, 1.54) is 0 Å². The summed E-state index contributed by atoms with van der Waals surface area (Å²) in [6.45, 7) is 2.72. The molecule has 1 aliphatic rings. The van der Waals surface area contributed by atoms with Crippen molar-refractivity contribution in [2.24, 2.45) is 5.92 Å². The number of urea groups is 1.